The standard InChI is InChI=1S/C25H28FN5OS/c1-5-6-14-33-25-29-24-27-17(4)21(23(32)28-20-13-9-10-15(2)16(20)3)22(31(24)30-25)18-11-7-8-12-19(18)26/h7-13,22H,5-6,14H2,1-4H3,(H,28,32)(H,27,29,30). The average Bonchev–Trinajstić information content (AvgIpc) is 3.19. The van der Waals surface area contributed by atoms with E-state index in [2.05, 4.69) is 27.6 Å². The number of amides is 1. The molecular weight excluding hydrogens is 437 g/mol. The monoisotopic (exact) mass is 465 g/mol. The van der Waals surface area contributed by atoms with Gasteiger partial charge in [0.05, 0.1) is 5.57 Å². The molecule has 6 nitrogen and oxygen atoms in total. The van der Waals surface area contributed by atoms with Gasteiger partial charge in [0, 0.05) is 22.7 Å². The zero-order valence-electron chi connectivity index (χ0n) is 19.3. The van der Waals surface area contributed by atoms with E-state index in [9.17, 15) is 9.18 Å². The third-order valence-corrected chi connectivity index (χ3v) is 6.78. The van der Waals surface area contributed by atoms with Crippen molar-refractivity contribution in [2.24, 2.45) is 0 Å². The fourth-order valence-corrected chi connectivity index (χ4v) is 4.77. The molecule has 2 N–H and O–H groups in total. The van der Waals surface area contributed by atoms with Crippen LogP contribution in [0.2, 0.25) is 0 Å². The summed E-state index contributed by atoms with van der Waals surface area (Å²) >= 11 is 1.56. The van der Waals surface area contributed by atoms with Crippen molar-refractivity contribution in [2.45, 2.75) is 51.7 Å². The SMILES string of the molecule is CCCCSc1nc2n(n1)C(c1ccccc1F)C(C(=O)Nc1cccc(C)c1C)=C(C)N2. The number of benzene rings is 2. The molecule has 2 heterocycles. The molecule has 33 heavy (non-hydrogen) atoms. The van der Waals surface area contributed by atoms with Crippen molar-refractivity contribution in [3.05, 3.63) is 76.2 Å². The van der Waals surface area contributed by atoms with Crippen molar-refractivity contribution < 1.29 is 9.18 Å². The van der Waals surface area contributed by atoms with Crippen LogP contribution in [0, 0.1) is 19.7 Å². The van der Waals surface area contributed by atoms with E-state index in [0.29, 0.717) is 27.9 Å². The maximum atomic E-state index is 15.0. The van der Waals surface area contributed by atoms with E-state index in [-0.39, 0.29) is 5.91 Å². The van der Waals surface area contributed by atoms with E-state index in [1.807, 2.05) is 39.0 Å². The molecule has 0 fully saturated rings. The van der Waals surface area contributed by atoms with Gasteiger partial charge in [0.1, 0.15) is 11.9 Å². The second-order valence-electron chi connectivity index (χ2n) is 8.15. The largest absolute Gasteiger partial charge is 0.328 e. The second kappa shape index (κ2) is 9.79. The summed E-state index contributed by atoms with van der Waals surface area (Å²) in [6.45, 7) is 7.91. The van der Waals surface area contributed by atoms with Crippen molar-refractivity contribution >= 4 is 29.3 Å². The molecule has 0 aliphatic carbocycles. The van der Waals surface area contributed by atoms with Gasteiger partial charge in [-0.15, -0.1) is 5.10 Å². The summed E-state index contributed by atoms with van der Waals surface area (Å²) in [5.74, 6) is 0.707. The van der Waals surface area contributed by atoms with E-state index in [4.69, 9.17) is 0 Å². The Bertz CT molecular complexity index is 1220. The number of carbonyl (C=O) groups is 1. The Morgan fingerprint density at radius 1 is 1.18 bits per heavy atom. The zero-order chi connectivity index (χ0) is 23.5. The molecule has 1 atom stereocenters. The molecule has 1 amide bonds. The Balaban J connectivity index is 1.76. The van der Waals surface area contributed by atoms with Crippen LogP contribution >= 0.6 is 11.8 Å². The van der Waals surface area contributed by atoms with Crippen LogP contribution in [0.15, 0.2) is 58.9 Å². The summed E-state index contributed by atoms with van der Waals surface area (Å²) in [4.78, 5) is 18.2. The van der Waals surface area contributed by atoms with Crippen LogP contribution in [0.3, 0.4) is 0 Å². The lowest BCUT2D eigenvalue weighted by molar-refractivity contribution is -0.113. The number of carbonyl (C=O) groups excluding carboxylic acids is 1. The van der Waals surface area contributed by atoms with Gasteiger partial charge in [0.15, 0.2) is 0 Å². The Morgan fingerprint density at radius 2 is 1.97 bits per heavy atom. The number of aryl methyl sites for hydroxylation is 1. The molecule has 3 aromatic rings. The van der Waals surface area contributed by atoms with Gasteiger partial charge in [-0.25, -0.2) is 9.07 Å². The van der Waals surface area contributed by atoms with Crippen LogP contribution in [0.25, 0.3) is 0 Å². The molecule has 1 aromatic heterocycles. The molecule has 1 aliphatic rings. The number of hydrogen-bond acceptors (Lipinski definition) is 5. The zero-order valence-corrected chi connectivity index (χ0v) is 20.1. The van der Waals surface area contributed by atoms with Gasteiger partial charge in [0.25, 0.3) is 5.91 Å². The minimum absolute atomic E-state index is 0.303. The predicted octanol–water partition coefficient (Wildman–Crippen LogP) is 5.85. The molecule has 0 radical (unpaired) electrons. The third-order valence-electron chi connectivity index (χ3n) is 5.86. The van der Waals surface area contributed by atoms with Crippen molar-refractivity contribution in [3.63, 3.8) is 0 Å². The normalized spacial score (nSPS) is 15.2. The molecule has 0 bridgehead atoms. The Morgan fingerprint density at radius 3 is 2.73 bits per heavy atom. The van der Waals surface area contributed by atoms with Crippen molar-refractivity contribution in [1.82, 2.24) is 14.8 Å². The van der Waals surface area contributed by atoms with Crippen LogP contribution in [0.5, 0.6) is 0 Å². The lowest BCUT2D eigenvalue weighted by Crippen LogP contribution is -2.32. The first-order valence-corrected chi connectivity index (χ1v) is 12.1. The summed E-state index contributed by atoms with van der Waals surface area (Å²) in [7, 11) is 0. The minimum Gasteiger partial charge on any atom is -0.328 e. The number of hydrogen-bond donors (Lipinski definition) is 2. The number of nitrogens with one attached hydrogen (secondary N) is 2. The van der Waals surface area contributed by atoms with E-state index in [1.165, 1.54) is 6.07 Å². The summed E-state index contributed by atoms with van der Waals surface area (Å²) in [5.41, 5.74) is 4.21. The summed E-state index contributed by atoms with van der Waals surface area (Å²) < 4.78 is 16.6. The number of nitrogens with zero attached hydrogens (tertiary/aromatic N) is 3. The Hall–Kier alpha value is -3.13. The van der Waals surface area contributed by atoms with E-state index >= 15 is 0 Å². The third kappa shape index (κ3) is 4.66. The number of allylic oxidation sites excluding steroid dienone is 1. The molecule has 1 aliphatic heterocycles. The topological polar surface area (TPSA) is 71.8 Å². The van der Waals surface area contributed by atoms with Gasteiger partial charge in [-0.05, 0) is 50.5 Å². The van der Waals surface area contributed by atoms with Crippen molar-refractivity contribution in [3.8, 4) is 0 Å². The maximum absolute atomic E-state index is 15.0. The number of aromatic nitrogens is 3. The molecule has 0 spiro atoms. The van der Waals surface area contributed by atoms with Crippen LogP contribution < -0.4 is 10.6 Å². The molecule has 1 unspecified atom stereocenters. The highest BCUT2D eigenvalue weighted by Gasteiger charge is 2.36. The number of fused-ring (bicyclic) bond motifs is 1. The highest BCUT2D eigenvalue weighted by molar-refractivity contribution is 7.99. The first kappa shape index (κ1) is 23.0. The number of halogens is 1. The number of rotatable bonds is 7. The van der Waals surface area contributed by atoms with Gasteiger partial charge in [-0.1, -0.05) is 55.4 Å². The molecule has 172 valence electrons. The van der Waals surface area contributed by atoms with E-state index < -0.39 is 11.9 Å². The number of thioether (sulfide) groups is 1. The first-order chi connectivity index (χ1) is 15.9. The van der Waals surface area contributed by atoms with E-state index in [0.717, 1.165) is 35.4 Å². The van der Waals surface area contributed by atoms with Crippen molar-refractivity contribution in [1.29, 1.82) is 0 Å². The second-order valence-corrected chi connectivity index (χ2v) is 9.22. The Kier molecular flexibility index (Phi) is 6.83. The van der Waals surface area contributed by atoms with Crippen LogP contribution in [-0.4, -0.2) is 26.4 Å². The molecule has 0 saturated carbocycles. The smallest absolute Gasteiger partial charge is 0.255 e. The summed E-state index contributed by atoms with van der Waals surface area (Å²) in [6, 6.07) is 11.5. The average molecular weight is 466 g/mol. The van der Waals surface area contributed by atoms with Gasteiger partial charge >= 0.3 is 0 Å². The minimum atomic E-state index is -0.736. The fraction of sp³-hybridized carbons (Fsp3) is 0.320. The van der Waals surface area contributed by atoms with Gasteiger partial charge in [-0.3, -0.25) is 4.79 Å². The van der Waals surface area contributed by atoms with E-state index in [1.54, 1.807) is 34.6 Å². The predicted molar refractivity (Wildman–Crippen MR) is 131 cm³/mol. The Labute approximate surface area is 197 Å². The summed E-state index contributed by atoms with van der Waals surface area (Å²) in [6.07, 6.45) is 2.14. The fourth-order valence-electron chi connectivity index (χ4n) is 3.86. The molecule has 4 rings (SSSR count). The molecule has 8 heteroatoms. The van der Waals surface area contributed by atoms with Crippen LogP contribution in [0.4, 0.5) is 16.0 Å². The van der Waals surface area contributed by atoms with Gasteiger partial charge < -0.3 is 10.6 Å². The lowest BCUT2D eigenvalue weighted by Gasteiger charge is -2.29. The lowest BCUT2D eigenvalue weighted by atomic mass is 9.94. The molecule has 2 aromatic carbocycles. The van der Waals surface area contributed by atoms with Crippen molar-refractivity contribution in [2.75, 3.05) is 16.4 Å². The first-order valence-electron chi connectivity index (χ1n) is 11.1. The number of anilines is 2. The highest BCUT2D eigenvalue weighted by Crippen LogP contribution is 2.38. The highest BCUT2D eigenvalue weighted by atomic mass is 32.2. The van der Waals surface area contributed by atoms with Crippen LogP contribution in [-0.2, 0) is 4.79 Å². The van der Waals surface area contributed by atoms with Crippen LogP contribution in [0.1, 0.15) is 49.4 Å². The quantitative estimate of drug-likeness (QED) is 0.338. The molecular formula is C25H28FN5OS. The molecule has 0 saturated heterocycles. The van der Waals surface area contributed by atoms with Gasteiger partial charge in [-0.2, -0.15) is 4.98 Å². The van der Waals surface area contributed by atoms with Gasteiger partial charge in [0.2, 0.25) is 11.1 Å². The summed E-state index contributed by atoms with van der Waals surface area (Å²) in [5, 5.41) is 11.5. The number of unbranched alkanes of at least 4 members (excludes halogenated alkanes) is 1. The maximum Gasteiger partial charge on any atom is 0.255 e.